The van der Waals surface area contributed by atoms with Crippen LogP contribution in [0.4, 0.5) is 0 Å². The van der Waals surface area contributed by atoms with Crippen LogP contribution < -0.4 is 24.0 Å². The fourth-order valence-corrected chi connectivity index (χ4v) is 0.981. The zero-order valence-electron chi connectivity index (χ0n) is 6.97. The Bertz CT molecular complexity index is 440. The molecule has 60 valence electrons. The van der Waals surface area contributed by atoms with Crippen LogP contribution in [0.1, 0.15) is 10.6 Å². The first-order valence-corrected chi connectivity index (χ1v) is 3.30. The van der Waals surface area contributed by atoms with Crippen LogP contribution in [0, 0.1) is 0 Å². The molecule has 2 aromatic heterocycles. The van der Waals surface area contributed by atoms with E-state index < -0.39 is 5.97 Å². The van der Waals surface area contributed by atoms with Crippen molar-refractivity contribution in [2.45, 2.75) is 0 Å². The largest absolute Gasteiger partial charge is 1.00 e. The summed E-state index contributed by atoms with van der Waals surface area (Å²) in [4.78, 5) is 10.4. The van der Waals surface area contributed by atoms with Gasteiger partial charge in [0.2, 0.25) is 0 Å². The van der Waals surface area contributed by atoms with Crippen LogP contribution in [-0.2, 0) is 0 Å². The molecular weight excluding hydrogens is 165 g/mol. The van der Waals surface area contributed by atoms with E-state index in [9.17, 15) is 9.90 Å². The van der Waals surface area contributed by atoms with Gasteiger partial charge in [-0.15, -0.1) is 10.2 Å². The number of aromatic carboxylic acids is 1. The first kappa shape index (κ1) is 9.77. The average Bonchev–Trinajstić information content (AvgIpc) is 2.47. The van der Waals surface area contributed by atoms with Gasteiger partial charge in [0.1, 0.15) is 5.97 Å². The van der Waals surface area contributed by atoms with Crippen LogP contribution in [0.3, 0.4) is 0 Å². The molecule has 2 heterocycles. The van der Waals surface area contributed by atoms with Crippen LogP contribution in [0.15, 0.2) is 24.4 Å². The Morgan fingerprint density at radius 3 is 2.85 bits per heavy atom. The predicted molar refractivity (Wildman–Crippen MR) is 37.3 cm³/mol. The molecule has 0 saturated heterocycles. The summed E-state index contributed by atoms with van der Waals surface area (Å²) in [6, 6.07) is 5.12. The van der Waals surface area contributed by atoms with E-state index >= 15 is 0 Å². The molecular formula is C7H4LiN3O2. The summed E-state index contributed by atoms with van der Waals surface area (Å²) in [5.41, 5.74) is 0.497. The number of carboxylic acids is 1. The molecule has 0 aliphatic carbocycles. The van der Waals surface area contributed by atoms with Gasteiger partial charge in [0.15, 0.2) is 11.5 Å². The number of carbonyl (C=O) groups excluding carboxylic acids is 1. The fourth-order valence-electron chi connectivity index (χ4n) is 0.981. The average molecular weight is 169 g/mol. The van der Waals surface area contributed by atoms with Crippen molar-refractivity contribution in [1.82, 2.24) is 14.6 Å². The number of carboxylic acid groups (broad SMARTS) is 1. The minimum atomic E-state index is -1.33. The monoisotopic (exact) mass is 169 g/mol. The maximum Gasteiger partial charge on any atom is 1.00 e. The molecule has 13 heavy (non-hydrogen) atoms. The van der Waals surface area contributed by atoms with Crippen molar-refractivity contribution in [3.63, 3.8) is 0 Å². The van der Waals surface area contributed by atoms with Crippen LogP contribution in [-0.4, -0.2) is 20.6 Å². The number of carbonyl (C=O) groups is 1. The third kappa shape index (κ3) is 1.57. The van der Waals surface area contributed by atoms with E-state index in [-0.39, 0.29) is 24.7 Å². The summed E-state index contributed by atoms with van der Waals surface area (Å²) in [6.07, 6.45) is 1.57. The standard InChI is InChI=1S/C7H5N3O2.Li/c11-7(12)6-9-8-5-3-1-2-4-10(5)6;/h1-4H,(H,11,12);/q;+1/p-1. The second kappa shape index (κ2) is 3.60. The maximum absolute atomic E-state index is 10.4. The topological polar surface area (TPSA) is 70.3 Å². The number of hydrogen-bond acceptors (Lipinski definition) is 4. The molecule has 6 heteroatoms. The van der Waals surface area contributed by atoms with Gasteiger partial charge in [-0.3, -0.25) is 4.40 Å². The number of pyridine rings is 1. The molecule has 0 saturated carbocycles. The number of aromatic nitrogens is 3. The Kier molecular flexibility index (Phi) is 2.71. The van der Waals surface area contributed by atoms with Crippen LogP contribution in [0.5, 0.6) is 0 Å². The Balaban J connectivity index is 0.000000845. The second-order valence-corrected chi connectivity index (χ2v) is 2.24. The molecule has 5 nitrogen and oxygen atoms in total. The normalized spacial score (nSPS) is 9.54. The summed E-state index contributed by atoms with van der Waals surface area (Å²) in [5, 5.41) is 17.5. The zero-order chi connectivity index (χ0) is 8.55. The second-order valence-electron chi connectivity index (χ2n) is 2.24. The quantitative estimate of drug-likeness (QED) is 0.409. The van der Waals surface area contributed by atoms with E-state index in [0.29, 0.717) is 5.65 Å². The van der Waals surface area contributed by atoms with Gasteiger partial charge in [-0.25, -0.2) is 0 Å². The number of rotatable bonds is 1. The molecule has 0 radical (unpaired) electrons. The van der Waals surface area contributed by atoms with Crippen molar-refractivity contribution in [1.29, 1.82) is 0 Å². The molecule has 0 aromatic carbocycles. The van der Waals surface area contributed by atoms with E-state index in [1.807, 2.05) is 0 Å². The third-order valence-electron chi connectivity index (χ3n) is 1.50. The third-order valence-corrected chi connectivity index (χ3v) is 1.50. The predicted octanol–water partition coefficient (Wildman–Crippen LogP) is -3.90. The molecule has 2 aromatic rings. The molecule has 0 unspecified atom stereocenters. The van der Waals surface area contributed by atoms with Crippen molar-refractivity contribution >= 4 is 11.6 Å². The van der Waals surface area contributed by atoms with Crippen LogP contribution in [0.2, 0.25) is 0 Å². The summed E-state index contributed by atoms with van der Waals surface area (Å²) < 4.78 is 1.36. The Labute approximate surface area is 85.6 Å². The summed E-state index contributed by atoms with van der Waals surface area (Å²) >= 11 is 0. The SMILES string of the molecule is O=C([O-])c1nnc2ccccn12.[Li+]. The fraction of sp³-hybridized carbons (Fsp3) is 0. The summed E-state index contributed by atoms with van der Waals surface area (Å²) in [7, 11) is 0. The van der Waals surface area contributed by atoms with Crippen LogP contribution >= 0.6 is 0 Å². The van der Waals surface area contributed by atoms with Gasteiger partial charge in [-0.1, -0.05) is 6.07 Å². The molecule has 0 amide bonds. The maximum atomic E-state index is 10.4. The minimum Gasteiger partial charge on any atom is -0.541 e. The van der Waals surface area contributed by atoms with Crippen LogP contribution in [0.25, 0.3) is 5.65 Å². The van der Waals surface area contributed by atoms with Gasteiger partial charge in [0, 0.05) is 6.20 Å². The molecule has 0 spiro atoms. The Morgan fingerprint density at radius 2 is 2.15 bits per heavy atom. The van der Waals surface area contributed by atoms with E-state index in [1.54, 1.807) is 24.4 Å². The molecule has 2 rings (SSSR count). The van der Waals surface area contributed by atoms with Crippen molar-refractivity contribution in [3.8, 4) is 0 Å². The molecule has 0 bridgehead atoms. The first-order chi connectivity index (χ1) is 5.79. The van der Waals surface area contributed by atoms with Crippen molar-refractivity contribution in [2.24, 2.45) is 0 Å². The molecule has 0 aliphatic heterocycles. The molecule has 0 atom stereocenters. The zero-order valence-corrected chi connectivity index (χ0v) is 6.97. The van der Waals surface area contributed by atoms with E-state index in [2.05, 4.69) is 10.2 Å². The summed E-state index contributed by atoms with van der Waals surface area (Å²) in [6.45, 7) is 0. The van der Waals surface area contributed by atoms with Crippen molar-refractivity contribution in [3.05, 3.63) is 30.2 Å². The Morgan fingerprint density at radius 1 is 1.38 bits per heavy atom. The molecule has 0 aliphatic rings. The van der Waals surface area contributed by atoms with Gasteiger partial charge in [-0.05, 0) is 12.1 Å². The van der Waals surface area contributed by atoms with Gasteiger partial charge >= 0.3 is 18.9 Å². The number of fused-ring (bicyclic) bond motifs is 1. The van der Waals surface area contributed by atoms with Crippen molar-refractivity contribution < 1.29 is 28.8 Å². The van der Waals surface area contributed by atoms with Gasteiger partial charge in [0.25, 0.3) is 0 Å². The smallest absolute Gasteiger partial charge is 0.541 e. The van der Waals surface area contributed by atoms with Crippen molar-refractivity contribution in [2.75, 3.05) is 0 Å². The molecule has 0 fully saturated rings. The minimum absolute atomic E-state index is 0. The first-order valence-electron chi connectivity index (χ1n) is 3.30. The van der Waals surface area contributed by atoms with E-state index in [0.717, 1.165) is 0 Å². The number of nitrogens with zero attached hydrogens (tertiary/aromatic N) is 3. The van der Waals surface area contributed by atoms with Gasteiger partial charge in [0.05, 0.1) is 0 Å². The van der Waals surface area contributed by atoms with Gasteiger partial charge < -0.3 is 9.90 Å². The number of hydrogen-bond donors (Lipinski definition) is 0. The Hall–Kier alpha value is -1.31. The van der Waals surface area contributed by atoms with E-state index in [4.69, 9.17) is 0 Å². The van der Waals surface area contributed by atoms with Gasteiger partial charge in [-0.2, -0.15) is 0 Å². The summed E-state index contributed by atoms with van der Waals surface area (Å²) in [5.74, 6) is -1.50. The molecule has 0 N–H and O–H groups in total. The van der Waals surface area contributed by atoms with E-state index in [1.165, 1.54) is 4.40 Å².